The summed E-state index contributed by atoms with van der Waals surface area (Å²) >= 11 is 0. The lowest BCUT2D eigenvalue weighted by molar-refractivity contribution is -0.135. The summed E-state index contributed by atoms with van der Waals surface area (Å²) in [7, 11) is 3.61. The van der Waals surface area contributed by atoms with Crippen LogP contribution in [-0.4, -0.2) is 66.1 Å². The molecule has 0 N–H and O–H groups in total. The number of hydrogen-bond acceptors (Lipinski definition) is 3. The number of ether oxygens (including phenoxy) is 1. The highest BCUT2D eigenvalue weighted by Gasteiger charge is 2.51. The van der Waals surface area contributed by atoms with Gasteiger partial charge in [-0.15, -0.1) is 0 Å². The largest absolute Gasteiger partial charge is 0.383 e. The summed E-state index contributed by atoms with van der Waals surface area (Å²) < 4.78 is 7.09. The maximum Gasteiger partial charge on any atom is 0.256 e. The van der Waals surface area contributed by atoms with Crippen LogP contribution in [0.2, 0.25) is 0 Å². The van der Waals surface area contributed by atoms with Crippen molar-refractivity contribution in [3.05, 3.63) is 36.0 Å². The quantitative estimate of drug-likeness (QED) is 0.842. The number of methoxy groups -OCH3 is 1. The Labute approximate surface area is 153 Å². The summed E-state index contributed by atoms with van der Waals surface area (Å²) in [6.07, 6.45) is 3.49. The zero-order valence-corrected chi connectivity index (χ0v) is 15.4. The summed E-state index contributed by atoms with van der Waals surface area (Å²) in [5, 5.41) is 0.973. The average Bonchev–Trinajstić information content (AvgIpc) is 3.32. The lowest BCUT2D eigenvalue weighted by Crippen LogP contribution is -2.39. The van der Waals surface area contributed by atoms with Crippen LogP contribution in [-0.2, 0) is 16.6 Å². The van der Waals surface area contributed by atoms with Gasteiger partial charge < -0.3 is 19.1 Å². The number of benzene rings is 1. The summed E-state index contributed by atoms with van der Waals surface area (Å²) in [6, 6.07) is 7.94. The molecule has 2 aliphatic heterocycles. The number of carbonyl (C=O) groups is 2. The van der Waals surface area contributed by atoms with Gasteiger partial charge in [-0.1, -0.05) is 18.2 Å². The van der Waals surface area contributed by atoms with E-state index in [0.717, 1.165) is 35.9 Å². The van der Waals surface area contributed by atoms with Gasteiger partial charge >= 0.3 is 0 Å². The number of fused-ring (bicyclic) bond motifs is 1. The molecule has 26 heavy (non-hydrogen) atoms. The minimum atomic E-state index is -0.395. The van der Waals surface area contributed by atoms with Crippen LogP contribution in [0.4, 0.5) is 0 Å². The lowest BCUT2D eigenvalue weighted by Gasteiger charge is -2.23. The van der Waals surface area contributed by atoms with Crippen molar-refractivity contribution in [2.45, 2.75) is 12.8 Å². The molecule has 4 rings (SSSR count). The molecule has 1 spiro atoms. The summed E-state index contributed by atoms with van der Waals surface area (Å²) in [5.74, 6) is 0.213. The molecule has 2 fully saturated rings. The molecule has 138 valence electrons. The molecule has 0 bridgehead atoms. The predicted molar refractivity (Wildman–Crippen MR) is 98.9 cm³/mol. The van der Waals surface area contributed by atoms with E-state index in [1.165, 1.54) is 0 Å². The second-order valence-corrected chi connectivity index (χ2v) is 7.46. The average molecular weight is 355 g/mol. The molecule has 2 aliphatic rings. The Hall–Kier alpha value is -2.34. The first-order chi connectivity index (χ1) is 12.6. The fourth-order valence-corrected chi connectivity index (χ4v) is 4.41. The molecule has 0 radical (unpaired) electrons. The second-order valence-electron chi connectivity index (χ2n) is 7.46. The molecule has 1 aromatic carbocycles. The molecule has 1 unspecified atom stereocenters. The van der Waals surface area contributed by atoms with Gasteiger partial charge in [0.05, 0.1) is 17.6 Å². The number of nitrogens with zero attached hydrogens (tertiary/aromatic N) is 3. The van der Waals surface area contributed by atoms with Crippen LogP contribution in [0, 0.1) is 5.41 Å². The van der Waals surface area contributed by atoms with Crippen molar-refractivity contribution in [1.29, 1.82) is 0 Å². The first-order valence-electron chi connectivity index (χ1n) is 9.17. The molecule has 1 aromatic heterocycles. The maximum absolute atomic E-state index is 13.1. The van der Waals surface area contributed by atoms with E-state index < -0.39 is 5.41 Å². The van der Waals surface area contributed by atoms with Gasteiger partial charge in [-0.3, -0.25) is 9.59 Å². The topological polar surface area (TPSA) is 54.8 Å². The van der Waals surface area contributed by atoms with Crippen LogP contribution in [0.15, 0.2) is 30.5 Å². The highest BCUT2D eigenvalue weighted by atomic mass is 16.5. The smallest absolute Gasteiger partial charge is 0.256 e. The first-order valence-corrected chi connectivity index (χ1v) is 9.17. The van der Waals surface area contributed by atoms with Crippen molar-refractivity contribution in [1.82, 2.24) is 14.4 Å². The van der Waals surface area contributed by atoms with Crippen molar-refractivity contribution in [2.24, 2.45) is 12.5 Å². The third-order valence-electron chi connectivity index (χ3n) is 5.93. The van der Waals surface area contributed by atoms with Crippen molar-refractivity contribution in [2.75, 3.05) is 39.9 Å². The van der Waals surface area contributed by atoms with Gasteiger partial charge in [0, 0.05) is 57.4 Å². The van der Waals surface area contributed by atoms with Crippen LogP contribution >= 0.6 is 0 Å². The predicted octanol–water partition coefficient (Wildman–Crippen LogP) is 1.89. The molecule has 6 nitrogen and oxygen atoms in total. The standard InChI is InChI=1S/C20H25N3O3/c1-21-13-16(15-5-3-4-6-17(15)21)18(24)23-10-8-20(14-23)7-9-22(19(20)25)11-12-26-2/h3-6,13H,7-12,14H2,1-2H3. The summed E-state index contributed by atoms with van der Waals surface area (Å²) in [6.45, 7) is 3.12. The summed E-state index contributed by atoms with van der Waals surface area (Å²) in [4.78, 5) is 29.8. The highest BCUT2D eigenvalue weighted by Crippen LogP contribution is 2.41. The molecular weight excluding hydrogens is 330 g/mol. The minimum absolute atomic E-state index is 0.0295. The van der Waals surface area contributed by atoms with Gasteiger partial charge in [0.1, 0.15) is 0 Å². The molecule has 3 heterocycles. The fourth-order valence-electron chi connectivity index (χ4n) is 4.41. The Kier molecular flexibility index (Phi) is 4.23. The molecular formula is C20H25N3O3. The van der Waals surface area contributed by atoms with Crippen molar-refractivity contribution in [3.8, 4) is 0 Å². The number of aryl methyl sites for hydroxylation is 1. The fraction of sp³-hybridized carbons (Fsp3) is 0.500. The molecule has 6 heteroatoms. The Morgan fingerprint density at radius 3 is 2.81 bits per heavy atom. The van der Waals surface area contributed by atoms with Gasteiger partial charge in [-0.2, -0.15) is 0 Å². The Balaban J connectivity index is 1.54. The van der Waals surface area contributed by atoms with Crippen LogP contribution in [0.25, 0.3) is 10.9 Å². The van der Waals surface area contributed by atoms with Crippen LogP contribution in [0.3, 0.4) is 0 Å². The number of rotatable bonds is 4. The van der Waals surface area contributed by atoms with E-state index in [1.54, 1.807) is 7.11 Å². The van der Waals surface area contributed by atoms with E-state index in [-0.39, 0.29) is 11.8 Å². The van der Waals surface area contributed by atoms with E-state index in [9.17, 15) is 9.59 Å². The number of amides is 2. The van der Waals surface area contributed by atoms with Gasteiger partial charge in [0.2, 0.25) is 5.91 Å². The van der Waals surface area contributed by atoms with E-state index >= 15 is 0 Å². The van der Waals surface area contributed by atoms with Crippen LogP contribution < -0.4 is 0 Å². The third-order valence-corrected chi connectivity index (χ3v) is 5.93. The molecule has 0 saturated carbocycles. The van der Waals surface area contributed by atoms with E-state index in [2.05, 4.69) is 0 Å². The van der Waals surface area contributed by atoms with Gasteiger partial charge in [0.15, 0.2) is 0 Å². The third kappa shape index (κ3) is 2.60. The zero-order valence-electron chi connectivity index (χ0n) is 15.4. The number of aromatic nitrogens is 1. The zero-order chi connectivity index (χ0) is 18.3. The first kappa shape index (κ1) is 17.1. The van der Waals surface area contributed by atoms with Gasteiger partial charge in [-0.25, -0.2) is 0 Å². The van der Waals surface area contributed by atoms with E-state index in [4.69, 9.17) is 4.74 Å². The SMILES string of the molecule is COCCN1CCC2(CCN(C(=O)c3cn(C)c4ccccc34)C2)C1=O. The number of carbonyl (C=O) groups excluding carboxylic acids is 2. The maximum atomic E-state index is 13.1. The van der Waals surface area contributed by atoms with Crippen LogP contribution in [0.1, 0.15) is 23.2 Å². The van der Waals surface area contributed by atoms with E-state index in [1.807, 2.05) is 51.9 Å². The van der Waals surface area contributed by atoms with Crippen molar-refractivity contribution in [3.63, 3.8) is 0 Å². The van der Waals surface area contributed by atoms with Crippen molar-refractivity contribution < 1.29 is 14.3 Å². The number of likely N-dealkylation sites (tertiary alicyclic amines) is 2. The Morgan fingerprint density at radius 1 is 1.23 bits per heavy atom. The molecule has 2 saturated heterocycles. The number of hydrogen-bond donors (Lipinski definition) is 0. The Morgan fingerprint density at radius 2 is 2.00 bits per heavy atom. The lowest BCUT2D eigenvalue weighted by atomic mass is 9.85. The molecule has 2 aromatic rings. The monoisotopic (exact) mass is 355 g/mol. The van der Waals surface area contributed by atoms with E-state index in [0.29, 0.717) is 26.2 Å². The van der Waals surface area contributed by atoms with Gasteiger partial charge in [-0.05, 0) is 18.9 Å². The van der Waals surface area contributed by atoms with Gasteiger partial charge in [0.25, 0.3) is 5.91 Å². The second kappa shape index (κ2) is 6.43. The number of para-hydroxylation sites is 1. The Bertz CT molecular complexity index is 859. The van der Waals surface area contributed by atoms with Crippen molar-refractivity contribution >= 4 is 22.7 Å². The molecule has 2 amide bonds. The highest BCUT2D eigenvalue weighted by molar-refractivity contribution is 6.07. The summed E-state index contributed by atoms with van der Waals surface area (Å²) in [5.41, 5.74) is 1.38. The van der Waals surface area contributed by atoms with Crippen LogP contribution in [0.5, 0.6) is 0 Å². The minimum Gasteiger partial charge on any atom is -0.383 e. The molecule has 0 aliphatic carbocycles. The molecule has 1 atom stereocenters. The normalized spacial score (nSPS) is 22.9.